The smallest absolute Gasteiger partial charge is 0.254 e. The highest BCUT2D eigenvalue weighted by Crippen LogP contribution is 2.20. The highest BCUT2D eigenvalue weighted by molar-refractivity contribution is 5.94. The van der Waals surface area contributed by atoms with Gasteiger partial charge in [-0.05, 0) is 38.0 Å². The molecule has 0 radical (unpaired) electrons. The summed E-state index contributed by atoms with van der Waals surface area (Å²) in [4.78, 5) is 28.7. The van der Waals surface area contributed by atoms with Gasteiger partial charge in [0.2, 0.25) is 5.56 Å². The Hall–Kier alpha value is -2.56. The van der Waals surface area contributed by atoms with E-state index in [4.69, 9.17) is 4.74 Å². The Balaban J connectivity index is 1.62. The van der Waals surface area contributed by atoms with Crippen LogP contribution in [0.3, 0.4) is 0 Å². The molecule has 2 aromatic rings. The minimum absolute atomic E-state index is 0.0754. The van der Waals surface area contributed by atoms with E-state index in [1.807, 2.05) is 35.2 Å². The molecule has 126 valence electrons. The monoisotopic (exact) mass is 326 g/mol. The molecule has 0 spiro atoms. The Kier molecular flexibility index (Phi) is 4.99. The first-order valence-electron chi connectivity index (χ1n) is 8.30. The summed E-state index contributed by atoms with van der Waals surface area (Å²) in [5, 5.41) is 0. The van der Waals surface area contributed by atoms with E-state index >= 15 is 0 Å². The molecule has 1 saturated heterocycles. The number of H-pyrrole nitrogens is 1. The summed E-state index contributed by atoms with van der Waals surface area (Å²) in [5.74, 6) is 1.09. The number of nitrogens with one attached hydrogen (secondary N) is 1. The number of ether oxygens (including phenoxy) is 1. The van der Waals surface area contributed by atoms with Gasteiger partial charge in [0.05, 0.1) is 6.61 Å². The molecule has 0 saturated carbocycles. The minimum atomic E-state index is -0.237. The lowest BCUT2D eigenvalue weighted by molar-refractivity contribution is 0.0633. The molecular formula is C19H22N2O3. The Bertz CT molecular complexity index is 755. The summed E-state index contributed by atoms with van der Waals surface area (Å²) < 4.78 is 5.82. The van der Waals surface area contributed by atoms with Crippen LogP contribution in [0.4, 0.5) is 0 Å². The van der Waals surface area contributed by atoms with Crippen LogP contribution in [0.15, 0.2) is 47.3 Å². The van der Waals surface area contributed by atoms with Gasteiger partial charge < -0.3 is 14.6 Å². The van der Waals surface area contributed by atoms with Crippen molar-refractivity contribution < 1.29 is 9.53 Å². The van der Waals surface area contributed by atoms with Crippen LogP contribution in [-0.2, 0) is 0 Å². The molecule has 1 aromatic carbocycles. The van der Waals surface area contributed by atoms with Crippen molar-refractivity contribution in [2.75, 3.05) is 19.7 Å². The fraction of sp³-hybridized carbons (Fsp3) is 0.368. The molecule has 0 aliphatic carbocycles. The van der Waals surface area contributed by atoms with E-state index in [1.165, 1.54) is 6.07 Å². The number of piperidine rings is 1. The van der Waals surface area contributed by atoms with Crippen molar-refractivity contribution in [3.8, 4) is 5.75 Å². The average Bonchev–Trinajstić information content (AvgIpc) is 2.59. The van der Waals surface area contributed by atoms with Gasteiger partial charge in [-0.25, -0.2) is 0 Å². The topological polar surface area (TPSA) is 62.4 Å². The van der Waals surface area contributed by atoms with Gasteiger partial charge in [0.1, 0.15) is 5.75 Å². The summed E-state index contributed by atoms with van der Waals surface area (Å²) in [5.41, 5.74) is 0.923. The third-order valence-electron chi connectivity index (χ3n) is 4.26. The molecule has 1 fully saturated rings. The number of amides is 1. The normalized spacial score (nSPS) is 17.5. The van der Waals surface area contributed by atoms with Crippen LogP contribution >= 0.6 is 0 Å². The van der Waals surface area contributed by atoms with E-state index in [1.54, 1.807) is 13.0 Å². The molecule has 1 N–H and O–H groups in total. The van der Waals surface area contributed by atoms with E-state index < -0.39 is 0 Å². The van der Waals surface area contributed by atoms with Crippen LogP contribution in [0.25, 0.3) is 0 Å². The maximum Gasteiger partial charge on any atom is 0.254 e. The minimum Gasteiger partial charge on any atom is -0.493 e. The van der Waals surface area contributed by atoms with E-state index in [9.17, 15) is 9.59 Å². The van der Waals surface area contributed by atoms with Gasteiger partial charge in [-0.15, -0.1) is 0 Å². The molecule has 3 rings (SSSR count). The fourth-order valence-corrected chi connectivity index (χ4v) is 3.11. The van der Waals surface area contributed by atoms with Gasteiger partial charge in [-0.3, -0.25) is 9.59 Å². The summed E-state index contributed by atoms with van der Waals surface area (Å²) in [7, 11) is 0. The molecule has 1 aromatic heterocycles. The lowest BCUT2D eigenvalue weighted by Crippen LogP contribution is -2.41. The number of rotatable bonds is 4. The molecule has 5 heteroatoms. The van der Waals surface area contributed by atoms with Crippen molar-refractivity contribution in [2.45, 2.75) is 19.8 Å². The summed E-state index contributed by atoms with van der Waals surface area (Å²) >= 11 is 0. The van der Waals surface area contributed by atoms with Crippen LogP contribution in [0, 0.1) is 12.8 Å². The molecule has 1 aliphatic rings. The second-order valence-electron chi connectivity index (χ2n) is 6.30. The number of nitrogens with zero attached hydrogens (tertiary/aromatic N) is 1. The Morgan fingerprint density at radius 2 is 2.08 bits per heavy atom. The van der Waals surface area contributed by atoms with Crippen LogP contribution < -0.4 is 10.3 Å². The molecule has 5 nitrogen and oxygen atoms in total. The number of aromatic amines is 1. The van der Waals surface area contributed by atoms with E-state index in [-0.39, 0.29) is 11.5 Å². The number of carbonyl (C=O) groups is 1. The second kappa shape index (κ2) is 7.34. The summed E-state index contributed by atoms with van der Waals surface area (Å²) in [6, 6.07) is 12.8. The van der Waals surface area contributed by atoms with Crippen molar-refractivity contribution in [2.24, 2.45) is 5.92 Å². The van der Waals surface area contributed by atoms with Crippen molar-refractivity contribution in [1.29, 1.82) is 0 Å². The zero-order valence-electron chi connectivity index (χ0n) is 13.8. The van der Waals surface area contributed by atoms with Gasteiger partial charge in [0, 0.05) is 36.3 Å². The van der Waals surface area contributed by atoms with Crippen molar-refractivity contribution >= 4 is 5.91 Å². The number of benzene rings is 1. The van der Waals surface area contributed by atoms with E-state index in [2.05, 4.69) is 4.98 Å². The van der Waals surface area contributed by atoms with Gasteiger partial charge in [-0.2, -0.15) is 0 Å². The largest absolute Gasteiger partial charge is 0.493 e. The molecule has 1 aliphatic heterocycles. The molecule has 1 amide bonds. The van der Waals surface area contributed by atoms with Crippen molar-refractivity contribution in [3.63, 3.8) is 0 Å². The maximum absolute atomic E-state index is 12.7. The predicted octanol–water partition coefficient (Wildman–Crippen LogP) is 2.61. The number of hydrogen-bond donors (Lipinski definition) is 1. The van der Waals surface area contributed by atoms with Crippen molar-refractivity contribution in [3.05, 3.63) is 64.1 Å². The molecule has 0 unspecified atom stereocenters. The fourth-order valence-electron chi connectivity index (χ4n) is 3.11. The van der Waals surface area contributed by atoms with Crippen LogP contribution in [0.2, 0.25) is 0 Å². The molecule has 1 atom stereocenters. The number of hydrogen-bond acceptors (Lipinski definition) is 3. The van der Waals surface area contributed by atoms with Gasteiger partial charge in [0.15, 0.2) is 0 Å². The number of aryl methyl sites for hydroxylation is 1. The van der Waals surface area contributed by atoms with Gasteiger partial charge >= 0.3 is 0 Å². The molecule has 0 bridgehead atoms. The maximum atomic E-state index is 12.7. The zero-order valence-corrected chi connectivity index (χ0v) is 13.8. The predicted molar refractivity (Wildman–Crippen MR) is 92.4 cm³/mol. The third-order valence-corrected chi connectivity index (χ3v) is 4.26. The number of para-hydroxylation sites is 1. The number of aromatic nitrogens is 1. The highest BCUT2D eigenvalue weighted by Gasteiger charge is 2.25. The Morgan fingerprint density at radius 3 is 2.83 bits per heavy atom. The van der Waals surface area contributed by atoms with Gasteiger partial charge in [0.25, 0.3) is 5.91 Å². The van der Waals surface area contributed by atoms with Crippen LogP contribution in [0.5, 0.6) is 5.75 Å². The standard InChI is InChI=1S/C19H22N2O3/c1-14-10-16(11-18(22)20-14)19(23)21-9-5-6-15(12-21)13-24-17-7-3-2-4-8-17/h2-4,7-8,10-11,15H,5-6,9,12-13H2,1H3,(H,20,22)/t15-/m0/s1. The Labute approximate surface area is 141 Å². The molecule has 24 heavy (non-hydrogen) atoms. The molecular weight excluding hydrogens is 304 g/mol. The van der Waals surface area contributed by atoms with E-state index in [0.29, 0.717) is 30.3 Å². The first-order chi connectivity index (χ1) is 11.6. The second-order valence-corrected chi connectivity index (χ2v) is 6.30. The van der Waals surface area contributed by atoms with E-state index in [0.717, 1.165) is 25.1 Å². The van der Waals surface area contributed by atoms with Crippen molar-refractivity contribution in [1.82, 2.24) is 9.88 Å². The lowest BCUT2D eigenvalue weighted by atomic mass is 9.98. The van der Waals surface area contributed by atoms with Gasteiger partial charge in [-0.1, -0.05) is 18.2 Å². The number of carbonyl (C=O) groups excluding carboxylic acids is 1. The number of likely N-dealkylation sites (tertiary alicyclic amines) is 1. The average molecular weight is 326 g/mol. The van der Waals surface area contributed by atoms with Crippen LogP contribution in [-0.4, -0.2) is 35.5 Å². The molecule has 2 heterocycles. The highest BCUT2D eigenvalue weighted by atomic mass is 16.5. The number of pyridine rings is 1. The summed E-state index contributed by atoms with van der Waals surface area (Å²) in [6.07, 6.45) is 2.00. The first kappa shape index (κ1) is 16.3. The zero-order chi connectivity index (χ0) is 16.9. The third kappa shape index (κ3) is 4.04. The SMILES string of the molecule is Cc1cc(C(=O)N2CCC[C@H](COc3ccccc3)C2)cc(=O)[nH]1. The quantitative estimate of drug-likeness (QED) is 0.939. The lowest BCUT2D eigenvalue weighted by Gasteiger charge is -2.32. The first-order valence-corrected chi connectivity index (χ1v) is 8.30. The van der Waals surface area contributed by atoms with Crippen LogP contribution in [0.1, 0.15) is 28.9 Å². The summed E-state index contributed by atoms with van der Waals surface area (Å²) in [6.45, 7) is 3.77. The Morgan fingerprint density at radius 1 is 1.29 bits per heavy atom.